The third kappa shape index (κ3) is 4.30. The van der Waals surface area contributed by atoms with E-state index in [2.05, 4.69) is 20.8 Å². The standard InChI is InChI=1S/C12H23NO2.ClH/c1-8(2)10-6-9(3)4-5-11(10)15-12(14)7-13;/h8-11H,4-7,13H2,1-3H3;1H. The van der Waals surface area contributed by atoms with Gasteiger partial charge < -0.3 is 10.5 Å². The van der Waals surface area contributed by atoms with E-state index in [0.29, 0.717) is 11.8 Å². The third-order valence-corrected chi connectivity index (χ3v) is 3.40. The van der Waals surface area contributed by atoms with Gasteiger partial charge in [-0.1, -0.05) is 20.8 Å². The molecule has 3 nitrogen and oxygen atoms in total. The zero-order chi connectivity index (χ0) is 11.4. The van der Waals surface area contributed by atoms with Crippen LogP contribution in [0.25, 0.3) is 0 Å². The van der Waals surface area contributed by atoms with E-state index in [1.165, 1.54) is 6.42 Å². The van der Waals surface area contributed by atoms with Gasteiger partial charge in [0, 0.05) is 0 Å². The maximum atomic E-state index is 11.2. The Morgan fingerprint density at radius 1 is 1.44 bits per heavy atom. The molecule has 16 heavy (non-hydrogen) atoms. The molecular weight excluding hydrogens is 226 g/mol. The Bertz CT molecular complexity index is 221. The number of hydrogen-bond donors (Lipinski definition) is 1. The average Bonchev–Trinajstić information content (AvgIpc) is 2.20. The van der Waals surface area contributed by atoms with Crippen LogP contribution in [-0.4, -0.2) is 18.6 Å². The van der Waals surface area contributed by atoms with Crippen LogP contribution in [0.5, 0.6) is 0 Å². The number of esters is 1. The highest BCUT2D eigenvalue weighted by Crippen LogP contribution is 2.35. The molecule has 0 aromatic carbocycles. The molecule has 0 saturated heterocycles. The number of carbonyl (C=O) groups excluding carboxylic acids is 1. The minimum absolute atomic E-state index is 0. The molecule has 4 heteroatoms. The first kappa shape index (κ1) is 15.7. The summed E-state index contributed by atoms with van der Waals surface area (Å²) < 4.78 is 5.40. The van der Waals surface area contributed by atoms with E-state index in [-0.39, 0.29) is 31.0 Å². The minimum atomic E-state index is -0.264. The molecule has 1 aliphatic rings. The van der Waals surface area contributed by atoms with E-state index in [4.69, 9.17) is 10.5 Å². The molecule has 0 aromatic heterocycles. The zero-order valence-electron chi connectivity index (χ0n) is 10.4. The Hall–Kier alpha value is -0.280. The highest BCUT2D eigenvalue weighted by Gasteiger charge is 2.32. The number of rotatable bonds is 3. The second-order valence-electron chi connectivity index (χ2n) is 5.06. The van der Waals surface area contributed by atoms with Crippen molar-refractivity contribution in [3.63, 3.8) is 0 Å². The fraction of sp³-hybridized carbons (Fsp3) is 0.917. The molecule has 2 N–H and O–H groups in total. The van der Waals surface area contributed by atoms with Crippen molar-refractivity contribution in [2.75, 3.05) is 6.54 Å². The van der Waals surface area contributed by atoms with Gasteiger partial charge in [-0.05, 0) is 37.0 Å². The smallest absolute Gasteiger partial charge is 0.319 e. The van der Waals surface area contributed by atoms with Gasteiger partial charge in [-0.25, -0.2) is 0 Å². The van der Waals surface area contributed by atoms with Crippen LogP contribution in [0.2, 0.25) is 0 Å². The van der Waals surface area contributed by atoms with Crippen molar-refractivity contribution in [2.24, 2.45) is 23.5 Å². The monoisotopic (exact) mass is 249 g/mol. The molecule has 3 atom stereocenters. The lowest BCUT2D eigenvalue weighted by molar-refractivity contribution is -0.153. The molecule has 3 unspecified atom stereocenters. The summed E-state index contributed by atoms with van der Waals surface area (Å²) in [5.41, 5.74) is 5.26. The number of nitrogens with two attached hydrogens (primary N) is 1. The molecule has 0 aliphatic heterocycles. The van der Waals surface area contributed by atoms with Crippen LogP contribution in [0.3, 0.4) is 0 Å². The summed E-state index contributed by atoms with van der Waals surface area (Å²) in [7, 11) is 0. The molecule has 0 bridgehead atoms. The van der Waals surface area contributed by atoms with Crippen LogP contribution in [0.4, 0.5) is 0 Å². The molecule has 1 saturated carbocycles. The van der Waals surface area contributed by atoms with Crippen LogP contribution in [0.15, 0.2) is 0 Å². The normalized spacial score (nSPS) is 29.7. The first-order valence-electron chi connectivity index (χ1n) is 5.94. The molecule has 0 heterocycles. The van der Waals surface area contributed by atoms with E-state index in [1.807, 2.05) is 0 Å². The summed E-state index contributed by atoms with van der Waals surface area (Å²) >= 11 is 0. The van der Waals surface area contributed by atoms with Crippen molar-refractivity contribution in [3.8, 4) is 0 Å². The Kier molecular flexibility index (Phi) is 7.00. The van der Waals surface area contributed by atoms with Crippen molar-refractivity contribution in [1.82, 2.24) is 0 Å². The van der Waals surface area contributed by atoms with Gasteiger partial charge in [-0.3, -0.25) is 4.79 Å². The van der Waals surface area contributed by atoms with Gasteiger partial charge in [0.25, 0.3) is 0 Å². The Morgan fingerprint density at radius 3 is 2.56 bits per heavy atom. The maximum Gasteiger partial charge on any atom is 0.319 e. The van der Waals surface area contributed by atoms with Crippen LogP contribution in [0.1, 0.15) is 40.0 Å². The van der Waals surface area contributed by atoms with E-state index in [9.17, 15) is 4.79 Å². The van der Waals surface area contributed by atoms with Gasteiger partial charge >= 0.3 is 5.97 Å². The third-order valence-electron chi connectivity index (χ3n) is 3.40. The van der Waals surface area contributed by atoms with Gasteiger partial charge in [0.2, 0.25) is 0 Å². The lowest BCUT2D eigenvalue weighted by atomic mass is 9.75. The fourth-order valence-corrected chi connectivity index (χ4v) is 2.46. The van der Waals surface area contributed by atoms with Crippen molar-refractivity contribution in [3.05, 3.63) is 0 Å². The fourth-order valence-electron chi connectivity index (χ4n) is 2.46. The van der Waals surface area contributed by atoms with Crippen LogP contribution in [0, 0.1) is 17.8 Å². The zero-order valence-corrected chi connectivity index (χ0v) is 11.3. The quantitative estimate of drug-likeness (QED) is 0.782. The summed E-state index contributed by atoms with van der Waals surface area (Å²) in [5, 5.41) is 0. The predicted molar refractivity (Wildman–Crippen MR) is 67.5 cm³/mol. The molecule has 0 spiro atoms. The second kappa shape index (κ2) is 7.13. The Labute approximate surface area is 105 Å². The Morgan fingerprint density at radius 2 is 2.06 bits per heavy atom. The van der Waals surface area contributed by atoms with Crippen LogP contribution in [-0.2, 0) is 9.53 Å². The SMILES string of the molecule is CC1CCC(OC(=O)CN)C(C(C)C)C1.Cl. The lowest BCUT2D eigenvalue weighted by Gasteiger charge is -2.36. The van der Waals surface area contributed by atoms with Gasteiger partial charge in [0.15, 0.2) is 0 Å². The van der Waals surface area contributed by atoms with Crippen molar-refractivity contribution in [1.29, 1.82) is 0 Å². The number of hydrogen-bond acceptors (Lipinski definition) is 3. The maximum absolute atomic E-state index is 11.2. The Balaban J connectivity index is 0.00000225. The number of halogens is 1. The molecule has 0 radical (unpaired) electrons. The first-order valence-corrected chi connectivity index (χ1v) is 5.94. The largest absolute Gasteiger partial charge is 0.461 e. The second-order valence-corrected chi connectivity index (χ2v) is 5.06. The van der Waals surface area contributed by atoms with Gasteiger partial charge in [-0.15, -0.1) is 12.4 Å². The first-order chi connectivity index (χ1) is 7.04. The summed E-state index contributed by atoms with van der Waals surface area (Å²) in [4.78, 5) is 11.2. The van der Waals surface area contributed by atoms with Crippen molar-refractivity contribution >= 4 is 18.4 Å². The molecular formula is C12H24ClNO2. The minimum Gasteiger partial charge on any atom is -0.461 e. The van der Waals surface area contributed by atoms with E-state index in [0.717, 1.165) is 18.8 Å². The number of carbonyl (C=O) groups is 1. The van der Waals surface area contributed by atoms with E-state index in [1.54, 1.807) is 0 Å². The molecule has 1 aliphatic carbocycles. The predicted octanol–water partition coefficient (Wildman–Crippen LogP) is 2.37. The summed E-state index contributed by atoms with van der Waals surface area (Å²) in [5.74, 6) is 1.57. The number of ether oxygens (including phenoxy) is 1. The van der Waals surface area contributed by atoms with Crippen LogP contribution < -0.4 is 5.73 Å². The molecule has 0 amide bonds. The van der Waals surface area contributed by atoms with Crippen molar-refractivity contribution in [2.45, 2.75) is 46.1 Å². The van der Waals surface area contributed by atoms with Gasteiger partial charge in [0.1, 0.15) is 6.10 Å². The lowest BCUT2D eigenvalue weighted by Crippen LogP contribution is -2.37. The molecule has 0 aromatic rings. The summed E-state index contributed by atoms with van der Waals surface area (Å²) in [6.45, 7) is 6.67. The van der Waals surface area contributed by atoms with Gasteiger partial charge in [-0.2, -0.15) is 0 Å². The van der Waals surface area contributed by atoms with Gasteiger partial charge in [0.05, 0.1) is 6.54 Å². The van der Waals surface area contributed by atoms with E-state index >= 15 is 0 Å². The highest BCUT2D eigenvalue weighted by atomic mass is 35.5. The highest BCUT2D eigenvalue weighted by molar-refractivity contribution is 5.85. The average molecular weight is 250 g/mol. The topological polar surface area (TPSA) is 52.3 Å². The molecule has 96 valence electrons. The molecule has 1 rings (SSSR count). The molecule has 1 fully saturated rings. The van der Waals surface area contributed by atoms with Crippen LogP contribution >= 0.6 is 12.4 Å². The summed E-state index contributed by atoms with van der Waals surface area (Å²) in [6.07, 6.45) is 3.42. The van der Waals surface area contributed by atoms with E-state index < -0.39 is 0 Å². The van der Waals surface area contributed by atoms with Crippen molar-refractivity contribution < 1.29 is 9.53 Å². The summed E-state index contributed by atoms with van der Waals surface area (Å²) in [6, 6.07) is 0.